The highest BCUT2D eigenvalue weighted by Crippen LogP contribution is 2.22. The van der Waals surface area contributed by atoms with Gasteiger partial charge in [-0.3, -0.25) is 0 Å². The van der Waals surface area contributed by atoms with Crippen LogP contribution in [-0.2, 0) is 10.2 Å². The molecule has 0 amide bonds. The molecular weight excluding hydrogens is 292 g/mol. The van der Waals surface area contributed by atoms with Gasteiger partial charge in [-0.1, -0.05) is 0 Å². The number of hydrogen-bond donors (Lipinski definition) is 0. The number of nitrogens with zero attached hydrogens (tertiary/aromatic N) is 2. The number of halogens is 1. The van der Waals surface area contributed by atoms with Crippen LogP contribution < -0.4 is 0 Å². The zero-order valence-electron chi connectivity index (χ0n) is 11.3. The van der Waals surface area contributed by atoms with Gasteiger partial charge < -0.3 is 0 Å². The Kier molecular flexibility index (Phi) is 6.75. The molecule has 7 heteroatoms. The minimum Gasteiger partial charge on any atom is -0.195 e. The number of piperidine rings is 1. The van der Waals surface area contributed by atoms with Crippen LogP contribution >= 0.6 is 23.4 Å². The van der Waals surface area contributed by atoms with Crippen molar-refractivity contribution in [2.24, 2.45) is 5.92 Å². The topological polar surface area (TPSA) is 40.6 Å². The van der Waals surface area contributed by atoms with Gasteiger partial charge >= 0.3 is 0 Å². The van der Waals surface area contributed by atoms with Crippen molar-refractivity contribution in [3.05, 3.63) is 0 Å². The van der Waals surface area contributed by atoms with Crippen LogP contribution in [0.5, 0.6) is 0 Å². The molecular formula is C11H23ClN2O2S2. The molecule has 1 fully saturated rings. The standard InChI is InChI=1S/C11H23ClN2O2S2/c1-10(9-17-3)13(2)18(15,16)14-6-4-5-11(7-12)8-14/h10-11H,4-9H2,1-3H3. The van der Waals surface area contributed by atoms with Gasteiger partial charge in [0.15, 0.2) is 0 Å². The van der Waals surface area contributed by atoms with E-state index in [0.29, 0.717) is 24.9 Å². The third-order valence-electron chi connectivity index (χ3n) is 3.42. The molecule has 1 aliphatic heterocycles. The molecule has 0 aliphatic carbocycles. The highest BCUT2D eigenvalue weighted by molar-refractivity contribution is 7.98. The summed E-state index contributed by atoms with van der Waals surface area (Å²) in [4.78, 5) is 0. The maximum Gasteiger partial charge on any atom is 0.282 e. The lowest BCUT2D eigenvalue weighted by Crippen LogP contribution is -2.49. The van der Waals surface area contributed by atoms with Crippen molar-refractivity contribution in [2.45, 2.75) is 25.8 Å². The second kappa shape index (κ2) is 7.33. The van der Waals surface area contributed by atoms with E-state index in [1.165, 1.54) is 4.31 Å². The van der Waals surface area contributed by atoms with Crippen LogP contribution in [0.15, 0.2) is 0 Å². The van der Waals surface area contributed by atoms with Crippen molar-refractivity contribution in [3.63, 3.8) is 0 Å². The van der Waals surface area contributed by atoms with Gasteiger partial charge in [-0.15, -0.1) is 11.6 Å². The average molecular weight is 315 g/mol. The Balaban J connectivity index is 2.72. The van der Waals surface area contributed by atoms with E-state index in [-0.39, 0.29) is 6.04 Å². The van der Waals surface area contributed by atoms with Crippen LogP contribution in [0.2, 0.25) is 0 Å². The molecule has 108 valence electrons. The van der Waals surface area contributed by atoms with E-state index in [0.717, 1.165) is 18.6 Å². The molecule has 1 heterocycles. The number of rotatable bonds is 6. The lowest BCUT2D eigenvalue weighted by atomic mass is 10.0. The van der Waals surface area contributed by atoms with E-state index in [4.69, 9.17) is 11.6 Å². The molecule has 0 N–H and O–H groups in total. The molecule has 4 nitrogen and oxygen atoms in total. The molecule has 0 bridgehead atoms. The lowest BCUT2D eigenvalue weighted by molar-refractivity contribution is 0.259. The Morgan fingerprint density at radius 3 is 2.78 bits per heavy atom. The Morgan fingerprint density at radius 2 is 2.22 bits per heavy atom. The van der Waals surface area contributed by atoms with Gasteiger partial charge in [0, 0.05) is 37.8 Å². The molecule has 0 aromatic heterocycles. The highest BCUT2D eigenvalue weighted by Gasteiger charge is 2.33. The maximum atomic E-state index is 12.5. The predicted octanol–water partition coefficient (Wildman–Crippen LogP) is 1.87. The van der Waals surface area contributed by atoms with Crippen LogP contribution in [0.1, 0.15) is 19.8 Å². The summed E-state index contributed by atoms with van der Waals surface area (Å²) in [7, 11) is -1.66. The summed E-state index contributed by atoms with van der Waals surface area (Å²) in [5.74, 6) is 1.64. The Labute approximate surface area is 120 Å². The summed E-state index contributed by atoms with van der Waals surface area (Å²) in [6.45, 7) is 3.12. The largest absolute Gasteiger partial charge is 0.282 e. The fourth-order valence-electron chi connectivity index (χ4n) is 2.12. The van der Waals surface area contributed by atoms with E-state index in [1.807, 2.05) is 13.2 Å². The second-order valence-electron chi connectivity index (χ2n) is 4.85. The van der Waals surface area contributed by atoms with Gasteiger partial charge in [-0.2, -0.15) is 28.8 Å². The maximum absolute atomic E-state index is 12.5. The molecule has 18 heavy (non-hydrogen) atoms. The van der Waals surface area contributed by atoms with Gasteiger partial charge in [0.05, 0.1) is 0 Å². The zero-order chi connectivity index (χ0) is 13.8. The van der Waals surface area contributed by atoms with Gasteiger partial charge in [0.2, 0.25) is 0 Å². The first-order valence-corrected chi connectivity index (χ1v) is 9.54. The first kappa shape index (κ1) is 16.6. The predicted molar refractivity (Wildman–Crippen MR) is 79.5 cm³/mol. The van der Waals surface area contributed by atoms with Gasteiger partial charge in [0.1, 0.15) is 0 Å². The Bertz CT molecular complexity index is 351. The Morgan fingerprint density at radius 1 is 1.56 bits per heavy atom. The third-order valence-corrected chi connectivity index (χ3v) is 6.74. The van der Waals surface area contributed by atoms with Crippen LogP contribution in [-0.4, -0.2) is 61.1 Å². The van der Waals surface area contributed by atoms with Crippen molar-refractivity contribution in [3.8, 4) is 0 Å². The fourth-order valence-corrected chi connectivity index (χ4v) is 4.82. The lowest BCUT2D eigenvalue weighted by Gasteiger charge is -2.35. The zero-order valence-corrected chi connectivity index (χ0v) is 13.7. The summed E-state index contributed by atoms with van der Waals surface area (Å²) in [6, 6.07) is 0.0152. The molecule has 1 rings (SSSR count). The van der Waals surface area contributed by atoms with Crippen molar-refractivity contribution in [1.82, 2.24) is 8.61 Å². The average Bonchev–Trinajstić information content (AvgIpc) is 2.38. The molecule has 0 aromatic rings. The SMILES string of the molecule is CSCC(C)N(C)S(=O)(=O)N1CCCC(CCl)C1. The monoisotopic (exact) mass is 314 g/mol. The van der Waals surface area contributed by atoms with E-state index in [1.54, 1.807) is 23.1 Å². The molecule has 2 unspecified atom stereocenters. The quantitative estimate of drug-likeness (QED) is 0.703. The van der Waals surface area contributed by atoms with Gasteiger partial charge in [0.25, 0.3) is 10.2 Å². The molecule has 0 radical (unpaired) electrons. The third kappa shape index (κ3) is 4.00. The summed E-state index contributed by atoms with van der Waals surface area (Å²) in [5.41, 5.74) is 0. The summed E-state index contributed by atoms with van der Waals surface area (Å²) < 4.78 is 28.0. The number of thioether (sulfide) groups is 1. The first-order chi connectivity index (χ1) is 8.43. The normalized spacial score (nSPS) is 24.4. The highest BCUT2D eigenvalue weighted by atomic mass is 35.5. The summed E-state index contributed by atoms with van der Waals surface area (Å²) >= 11 is 7.51. The molecule has 0 spiro atoms. The van der Waals surface area contributed by atoms with Crippen LogP contribution in [0.25, 0.3) is 0 Å². The molecule has 1 aliphatic rings. The molecule has 0 saturated carbocycles. The van der Waals surface area contributed by atoms with E-state index in [9.17, 15) is 8.42 Å². The summed E-state index contributed by atoms with van der Waals surface area (Å²) in [5, 5.41) is 0. The number of hydrogen-bond acceptors (Lipinski definition) is 3. The second-order valence-corrected chi connectivity index (χ2v) is 8.06. The van der Waals surface area contributed by atoms with Crippen LogP contribution in [0.4, 0.5) is 0 Å². The van der Waals surface area contributed by atoms with E-state index < -0.39 is 10.2 Å². The molecule has 2 atom stereocenters. The van der Waals surface area contributed by atoms with E-state index >= 15 is 0 Å². The Hall–Kier alpha value is 0.510. The van der Waals surface area contributed by atoms with Crippen molar-refractivity contribution < 1.29 is 8.42 Å². The van der Waals surface area contributed by atoms with Gasteiger partial charge in [-0.05, 0) is 31.9 Å². The van der Waals surface area contributed by atoms with Crippen LogP contribution in [0.3, 0.4) is 0 Å². The smallest absolute Gasteiger partial charge is 0.195 e. The minimum absolute atomic E-state index is 0.0152. The minimum atomic E-state index is -3.33. The van der Waals surface area contributed by atoms with Crippen molar-refractivity contribution in [1.29, 1.82) is 0 Å². The molecule has 0 aromatic carbocycles. The van der Waals surface area contributed by atoms with Gasteiger partial charge in [-0.25, -0.2) is 0 Å². The van der Waals surface area contributed by atoms with E-state index in [2.05, 4.69) is 0 Å². The first-order valence-electron chi connectivity index (χ1n) is 6.21. The van der Waals surface area contributed by atoms with Crippen LogP contribution in [0, 0.1) is 5.92 Å². The fraction of sp³-hybridized carbons (Fsp3) is 1.00. The number of alkyl halides is 1. The molecule has 1 saturated heterocycles. The van der Waals surface area contributed by atoms with Crippen molar-refractivity contribution >= 4 is 33.6 Å². The summed E-state index contributed by atoms with van der Waals surface area (Å²) in [6.07, 6.45) is 3.92. The van der Waals surface area contributed by atoms with Crippen molar-refractivity contribution in [2.75, 3.05) is 38.0 Å².